The van der Waals surface area contributed by atoms with Crippen LogP contribution in [0.2, 0.25) is 0 Å². The highest BCUT2D eigenvalue weighted by atomic mass is 79.9. The third-order valence-corrected chi connectivity index (χ3v) is 5.49. The smallest absolute Gasteiger partial charge is 0.411 e. The largest absolute Gasteiger partial charge is 0.448 e. The quantitative estimate of drug-likeness (QED) is 0.598. The standard InChI is InChI=1S/C22H18BrNO3/c23-20-10-9-14(12-25)11-21(20)24-22(26)27-13-19-17-7-3-1-5-15(17)16-6-2-4-8-18(16)19/h1-11,19,25H,12-13H2,(H,24,26). The van der Waals surface area contributed by atoms with Crippen LogP contribution in [0.5, 0.6) is 0 Å². The first-order valence-corrected chi connectivity index (χ1v) is 9.48. The summed E-state index contributed by atoms with van der Waals surface area (Å²) >= 11 is 3.40. The Labute approximate surface area is 165 Å². The lowest BCUT2D eigenvalue weighted by Gasteiger charge is -2.15. The molecule has 0 radical (unpaired) electrons. The molecule has 0 heterocycles. The van der Waals surface area contributed by atoms with Crippen molar-refractivity contribution in [1.29, 1.82) is 0 Å². The molecule has 0 spiro atoms. The lowest BCUT2D eigenvalue weighted by atomic mass is 9.98. The number of benzene rings is 3. The molecule has 27 heavy (non-hydrogen) atoms. The molecular formula is C22H18BrNO3. The van der Waals surface area contributed by atoms with Gasteiger partial charge in [-0.15, -0.1) is 0 Å². The number of rotatable bonds is 4. The predicted octanol–water partition coefficient (Wildman–Crippen LogP) is 5.30. The van der Waals surface area contributed by atoms with Crippen LogP contribution in [0.3, 0.4) is 0 Å². The van der Waals surface area contributed by atoms with Gasteiger partial charge in [-0.2, -0.15) is 0 Å². The molecule has 0 aromatic heterocycles. The van der Waals surface area contributed by atoms with Crippen LogP contribution in [0.4, 0.5) is 10.5 Å². The zero-order valence-corrected chi connectivity index (χ0v) is 16.1. The summed E-state index contributed by atoms with van der Waals surface area (Å²) < 4.78 is 6.27. The van der Waals surface area contributed by atoms with E-state index in [1.807, 2.05) is 24.3 Å². The minimum Gasteiger partial charge on any atom is -0.448 e. The number of hydrogen-bond donors (Lipinski definition) is 2. The van der Waals surface area contributed by atoms with Crippen LogP contribution < -0.4 is 5.32 Å². The van der Waals surface area contributed by atoms with Gasteiger partial charge in [0.15, 0.2) is 0 Å². The highest BCUT2D eigenvalue weighted by Crippen LogP contribution is 2.44. The summed E-state index contributed by atoms with van der Waals surface area (Å²) in [6.45, 7) is 0.170. The summed E-state index contributed by atoms with van der Waals surface area (Å²) in [5.41, 5.74) is 6.02. The Kier molecular flexibility index (Phi) is 4.97. The Morgan fingerprint density at radius 3 is 2.26 bits per heavy atom. The number of aliphatic hydroxyl groups is 1. The summed E-state index contributed by atoms with van der Waals surface area (Å²) in [6.07, 6.45) is -0.521. The van der Waals surface area contributed by atoms with E-state index in [4.69, 9.17) is 4.74 Å². The Morgan fingerprint density at radius 1 is 1.00 bits per heavy atom. The molecule has 5 heteroatoms. The summed E-state index contributed by atoms with van der Waals surface area (Å²) in [7, 11) is 0. The van der Waals surface area contributed by atoms with Crippen molar-refractivity contribution in [2.24, 2.45) is 0 Å². The molecule has 4 nitrogen and oxygen atoms in total. The topological polar surface area (TPSA) is 58.6 Å². The van der Waals surface area contributed by atoms with Gasteiger partial charge in [0.1, 0.15) is 6.61 Å². The monoisotopic (exact) mass is 423 g/mol. The fourth-order valence-corrected chi connectivity index (χ4v) is 3.86. The maximum atomic E-state index is 12.3. The number of carbonyl (C=O) groups is 1. The van der Waals surface area contributed by atoms with E-state index in [0.29, 0.717) is 11.3 Å². The average Bonchev–Trinajstić information content (AvgIpc) is 3.02. The molecule has 1 aliphatic rings. The first-order valence-electron chi connectivity index (χ1n) is 8.68. The van der Waals surface area contributed by atoms with Gasteiger partial charge in [0, 0.05) is 10.4 Å². The highest BCUT2D eigenvalue weighted by molar-refractivity contribution is 9.10. The second-order valence-electron chi connectivity index (χ2n) is 6.42. The van der Waals surface area contributed by atoms with Crippen LogP contribution in [0.15, 0.2) is 71.2 Å². The van der Waals surface area contributed by atoms with E-state index >= 15 is 0 Å². The molecule has 0 atom stereocenters. The fraction of sp³-hybridized carbons (Fsp3) is 0.136. The van der Waals surface area contributed by atoms with Crippen molar-refractivity contribution in [3.05, 3.63) is 87.9 Å². The fourth-order valence-electron chi connectivity index (χ4n) is 3.51. The maximum Gasteiger partial charge on any atom is 0.411 e. The number of halogens is 1. The zero-order valence-electron chi connectivity index (χ0n) is 14.5. The van der Waals surface area contributed by atoms with E-state index in [0.717, 1.165) is 4.47 Å². The van der Waals surface area contributed by atoms with E-state index in [1.54, 1.807) is 18.2 Å². The number of amides is 1. The molecule has 1 aliphatic carbocycles. The van der Waals surface area contributed by atoms with Crippen molar-refractivity contribution in [3.8, 4) is 11.1 Å². The van der Waals surface area contributed by atoms with Gasteiger partial charge in [-0.05, 0) is 55.9 Å². The summed E-state index contributed by atoms with van der Waals surface area (Å²) in [6, 6.07) is 21.7. The molecular weight excluding hydrogens is 406 g/mol. The van der Waals surface area contributed by atoms with Crippen LogP contribution in [-0.2, 0) is 11.3 Å². The van der Waals surface area contributed by atoms with Gasteiger partial charge < -0.3 is 9.84 Å². The van der Waals surface area contributed by atoms with Gasteiger partial charge in [0.25, 0.3) is 0 Å². The number of hydrogen-bond acceptors (Lipinski definition) is 3. The Bertz CT molecular complexity index is 957. The molecule has 136 valence electrons. The maximum absolute atomic E-state index is 12.3. The molecule has 0 saturated carbocycles. The Hall–Kier alpha value is -2.63. The number of nitrogens with one attached hydrogen (secondary N) is 1. The van der Waals surface area contributed by atoms with Gasteiger partial charge in [0.05, 0.1) is 12.3 Å². The van der Waals surface area contributed by atoms with E-state index in [-0.39, 0.29) is 19.1 Å². The number of anilines is 1. The number of aliphatic hydroxyl groups excluding tert-OH is 1. The average molecular weight is 424 g/mol. The highest BCUT2D eigenvalue weighted by Gasteiger charge is 2.29. The Morgan fingerprint density at radius 2 is 1.63 bits per heavy atom. The lowest BCUT2D eigenvalue weighted by Crippen LogP contribution is -2.18. The third kappa shape index (κ3) is 3.48. The lowest BCUT2D eigenvalue weighted by molar-refractivity contribution is 0.158. The minimum atomic E-state index is -0.521. The molecule has 3 aromatic rings. The molecule has 0 unspecified atom stereocenters. The molecule has 0 aliphatic heterocycles. The van der Waals surface area contributed by atoms with E-state index in [9.17, 15) is 9.90 Å². The van der Waals surface area contributed by atoms with Crippen LogP contribution >= 0.6 is 15.9 Å². The summed E-state index contributed by atoms with van der Waals surface area (Å²) in [4.78, 5) is 12.3. The second-order valence-corrected chi connectivity index (χ2v) is 7.28. The van der Waals surface area contributed by atoms with Crippen LogP contribution in [0.25, 0.3) is 11.1 Å². The Balaban J connectivity index is 1.50. The number of fused-ring (bicyclic) bond motifs is 3. The van der Waals surface area contributed by atoms with Crippen LogP contribution in [0.1, 0.15) is 22.6 Å². The van der Waals surface area contributed by atoms with Crippen molar-refractivity contribution >= 4 is 27.7 Å². The summed E-state index contributed by atoms with van der Waals surface area (Å²) in [5, 5.41) is 12.0. The first kappa shape index (κ1) is 17.8. The number of ether oxygens (including phenoxy) is 1. The van der Waals surface area contributed by atoms with Gasteiger partial charge in [-0.25, -0.2) is 4.79 Å². The van der Waals surface area contributed by atoms with Crippen molar-refractivity contribution in [2.75, 3.05) is 11.9 Å². The van der Waals surface area contributed by atoms with E-state index in [1.165, 1.54) is 22.3 Å². The van der Waals surface area contributed by atoms with Crippen LogP contribution in [0, 0.1) is 0 Å². The normalized spacial score (nSPS) is 12.4. The van der Waals surface area contributed by atoms with Crippen molar-refractivity contribution < 1.29 is 14.6 Å². The SMILES string of the molecule is O=C(Nc1cc(CO)ccc1Br)OCC1c2ccccc2-c2ccccc21. The zero-order chi connectivity index (χ0) is 18.8. The van der Waals surface area contributed by atoms with Crippen LogP contribution in [-0.4, -0.2) is 17.8 Å². The first-order chi connectivity index (χ1) is 13.2. The van der Waals surface area contributed by atoms with Crippen molar-refractivity contribution in [3.63, 3.8) is 0 Å². The van der Waals surface area contributed by atoms with Gasteiger partial charge in [0.2, 0.25) is 0 Å². The molecule has 3 aromatic carbocycles. The van der Waals surface area contributed by atoms with Gasteiger partial charge >= 0.3 is 6.09 Å². The van der Waals surface area contributed by atoms with Crippen molar-refractivity contribution in [1.82, 2.24) is 0 Å². The third-order valence-electron chi connectivity index (χ3n) is 4.79. The summed E-state index contributed by atoms with van der Waals surface area (Å²) in [5.74, 6) is 0.0235. The number of carbonyl (C=O) groups excluding carboxylic acids is 1. The minimum absolute atomic E-state index is 0.0235. The molecule has 4 rings (SSSR count). The van der Waals surface area contributed by atoms with E-state index < -0.39 is 6.09 Å². The van der Waals surface area contributed by atoms with Gasteiger partial charge in [-0.3, -0.25) is 5.32 Å². The molecule has 0 fully saturated rings. The second kappa shape index (κ2) is 7.55. The molecule has 0 bridgehead atoms. The molecule has 2 N–H and O–H groups in total. The van der Waals surface area contributed by atoms with E-state index in [2.05, 4.69) is 45.5 Å². The van der Waals surface area contributed by atoms with Crippen molar-refractivity contribution in [2.45, 2.75) is 12.5 Å². The predicted molar refractivity (Wildman–Crippen MR) is 109 cm³/mol. The molecule has 1 amide bonds. The molecule has 0 saturated heterocycles. The van der Waals surface area contributed by atoms with Gasteiger partial charge in [-0.1, -0.05) is 54.6 Å².